The number of rotatable bonds is 4. The summed E-state index contributed by atoms with van der Waals surface area (Å²) in [7, 11) is 1.22. The predicted octanol–water partition coefficient (Wildman–Crippen LogP) is 3.40. The molecule has 1 heterocycles. The van der Waals surface area contributed by atoms with Crippen LogP contribution < -0.4 is 5.32 Å². The monoisotopic (exact) mass is 359 g/mol. The fourth-order valence-corrected chi connectivity index (χ4v) is 4.08. The second-order valence-electron chi connectivity index (χ2n) is 6.91. The van der Waals surface area contributed by atoms with E-state index >= 15 is 0 Å². The molecule has 6 heteroatoms. The molecule has 1 aromatic carbocycles. The van der Waals surface area contributed by atoms with Gasteiger partial charge in [0.1, 0.15) is 12.5 Å². The standard InChI is InChI=1S/C20H19F2NO3/c1-26-20(25)19-14(9-21)23-13-7-8-15(24)18(13)17(19)11-3-2-4-12(22)16(11)10-5-6-10/h2-4,10,17,23H,5-9H2,1H3/t17-/m0/s1. The topological polar surface area (TPSA) is 55.4 Å². The molecule has 136 valence electrons. The molecule has 0 radical (unpaired) electrons. The van der Waals surface area contributed by atoms with Crippen molar-refractivity contribution in [2.75, 3.05) is 13.8 Å². The number of alkyl halides is 1. The van der Waals surface area contributed by atoms with Gasteiger partial charge in [-0.1, -0.05) is 12.1 Å². The molecule has 4 nitrogen and oxygen atoms in total. The lowest BCUT2D eigenvalue weighted by Gasteiger charge is -2.30. The normalized spacial score (nSPS) is 22.4. The molecule has 1 atom stereocenters. The Morgan fingerprint density at radius 2 is 2.08 bits per heavy atom. The van der Waals surface area contributed by atoms with Crippen molar-refractivity contribution in [3.63, 3.8) is 0 Å². The minimum atomic E-state index is -0.889. The molecule has 1 N–H and O–H groups in total. The van der Waals surface area contributed by atoms with E-state index in [0.717, 1.165) is 12.8 Å². The number of benzene rings is 1. The van der Waals surface area contributed by atoms with Gasteiger partial charge in [0, 0.05) is 23.6 Å². The molecule has 1 aliphatic heterocycles. The molecule has 26 heavy (non-hydrogen) atoms. The van der Waals surface area contributed by atoms with Gasteiger partial charge in [-0.15, -0.1) is 0 Å². The van der Waals surface area contributed by atoms with Crippen molar-refractivity contribution in [1.82, 2.24) is 5.32 Å². The maximum Gasteiger partial charge on any atom is 0.336 e. The third-order valence-electron chi connectivity index (χ3n) is 5.35. The second-order valence-corrected chi connectivity index (χ2v) is 6.91. The Kier molecular flexibility index (Phi) is 4.13. The number of carbonyl (C=O) groups excluding carboxylic acids is 2. The Morgan fingerprint density at radius 1 is 1.31 bits per heavy atom. The molecule has 0 amide bonds. The summed E-state index contributed by atoms with van der Waals surface area (Å²) in [5.41, 5.74) is 2.34. The second kappa shape index (κ2) is 6.34. The number of ketones is 1. The van der Waals surface area contributed by atoms with Crippen LogP contribution in [0.2, 0.25) is 0 Å². The van der Waals surface area contributed by atoms with Gasteiger partial charge in [0.2, 0.25) is 0 Å². The first-order chi connectivity index (χ1) is 12.6. The van der Waals surface area contributed by atoms with Crippen LogP contribution >= 0.6 is 0 Å². The van der Waals surface area contributed by atoms with Gasteiger partial charge in [0.05, 0.1) is 18.4 Å². The number of halogens is 2. The summed E-state index contributed by atoms with van der Waals surface area (Å²) in [6.45, 7) is -0.889. The predicted molar refractivity (Wildman–Crippen MR) is 90.5 cm³/mol. The molecule has 3 aliphatic rings. The van der Waals surface area contributed by atoms with Gasteiger partial charge < -0.3 is 10.1 Å². The van der Waals surface area contributed by atoms with Crippen LogP contribution in [0.4, 0.5) is 8.78 Å². The quantitative estimate of drug-likeness (QED) is 0.837. The number of nitrogens with one attached hydrogen (secondary N) is 1. The van der Waals surface area contributed by atoms with Crippen LogP contribution in [0.1, 0.15) is 48.6 Å². The van der Waals surface area contributed by atoms with E-state index in [4.69, 9.17) is 4.74 Å². The van der Waals surface area contributed by atoms with Crippen molar-refractivity contribution in [3.8, 4) is 0 Å². The zero-order chi connectivity index (χ0) is 18.4. The van der Waals surface area contributed by atoms with Crippen LogP contribution in [-0.2, 0) is 14.3 Å². The van der Waals surface area contributed by atoms with Crippen molar-refractivity contribution >= 4 is 11.8 Å². The summed E-state index contributed by atoms with van der Waals surface area (Å²) in [5.74, 6) is -1.85. The van der Waals surface area contributed by atoms with Crippen LogP contribution in [0.25, 0.3) is 0 Å². The molecule has 1 aromatic rings. The highest BCUT2D eigenvalue weighted by molar-refractivity contribution is 6.05. The van der Waals surface area contributed by atoms with Crippen LogP contribution in [0.3, 0.4) is 0 Å². The van der Waals surface area contributed by atoms with Crippen LogP contribution in [0, 0.1) is 5.82 Å². The van der Waals surface area contributed by atoms with E-state index in [1.165, 1.54) is 13.2 Å². The van der Waals surface area contributed by atoms with Gasteiger partial charge in [-0.25, -0.2) is 13.6 Å². The molecule has 0 saturated heterocycles. The smallest absolute Gasteiger partial charge is 0.336 e. The van der Waals surface area contributed by atoms with Crippen molar-refractivity contribution in [2.24, 2.45) is 0 Å². The van der Waals surface area contributed by atoms with Crippen molar-refractivity contribution in [2.45, 2.75) is 37.5 Å². The zero-order valence-electron chi connectivity index (χ0n) is 14.4. The number of allylic oxidation sites excluding steroid dienone is 3. The lowest BCUT2D eigenvalue weighted by atomic mass is 9.77. The number of ether oxygens (including phenoxy) is 1. The summed E-state index contributed by atoms with van der Waals surface area (Å²) in [5, 5.41) is 2.91. The highest BCUT2D eigenvalue weighted by Gasteiger charge is 2.43. The summed E-state index contributed by atoms with van der Waals surface area (Å²) >= 11 is 0. The first kappa shape index (κ1) is 16.9. The van der Waals surface area contributed by atoms with Crippen LogP contribution in [-0.4, -0.2) is 25.5 Å². The number of hydrogen-bond donors (Lipinski definition) is 1. The largest absolute Gasteiger partial charge is 0.466 e. The van der Waals surface area contributed by atoms with Gasteiger partial charge in [0.25, 0.3) is 0 Å². The van der Waals surface area contributed by atoms with E-state index in [9.17, 15) is 18.4 Å². The molecule has 1 saturated carbocycles. The first-order valence-corrected chi connectivity index (χ1v) is 8.75. The number of methoxy groups -OCH3 is 1. The van der Waals surface area contributed by atoms with E-state index in [0.29, 0.717) is 35.2 Å². The number of hydrogen-bond acceptors (Lipinski definition) is 4. The SMILES string of the molecule is COC(=O)C1=C(CF)NC2=C(C(=O)CC2)[C@@H]1c1cccc(F)c1C1CC1. The van der Waals surface area contributed by atoms with Gasteiger partial charge in [0.15, 0.2) is 5.78 Å². The van der Waals surface area contributed by atoms with Gasteiger partial charge in [-0.2, -0.15) is 0 Å². The number of carbonyl (C=O) groups is 2. The van der Waals surface area contributed by atoms with Crippen molar-refractivity contribution in [3.05, 3.63) is 57.7 Å². The maximum absolute atomic E-state index is 14.6. The molecule has 1 fully saturated rings. The number of Topliss-reactive ketones (excluding diaryl/α,β-unsaturated/α-hetero) is 1. The van der Waals surface area contributed by atoms with E-state index in [1.807, 2.05) is 0 Å². The molecule has 0 bridgehead atoms. The Hall–Kier alpha value is -2.50. The van der Waals surface area contributed by atoms with Gasteiger partial charge in [-0.05, 0) is 42.4 Å². The van der Waals surface area contributed by atoms with Crippen LogP contribution in [0.15, 0.2) is 40.7 Å². The molecule has 2 aliphatic carbocycles. The average molecular weight is 359 g/mol. The summed E-state index contributed by atoms with van der Waals surface area (Å²) in [4.78, 5) is 25.0. The average Bonchev–Trinajstić information content (AvgIpc) is 3.42. The van der Waals surface area contributed by atoms with Crippen molar-refractivity contribution < 1.29 is 23.1 Å². The lowest BCUT2D eigenvalue weighted by molar-refractivity contribution is -0.136. The number of dihydropyridines is 1. The molecular formula is C20H19F2NO3. The van der Waals surface area contributed by atoms with Gasteiger partial charge >= 0.3 is 5.97 Å². The molecule has 0 aromatic heterocycles. The Labute approximate surface area is 149 Å². The third kappa shape index (κ3) is 2.55. The lowest BCUT2D eigenvalue weighted by Crippen LogP contribution is -2.31. The molecular weight excluding hydrogens is 340 g/mol. The summed E-state index contributed by atoms with van der Waals surface area (Å²) in [6, 6.07) is 4.70. The van der Waals surface area contributed by atoms with E-state index in [2.05, 4.69) is 5.32 Å². The third-order valence-corrected chi connectivity index (χ3v) is 5.35. The minimum Gasteiger partial charge on any atom is -0.466 e. The number of esters is 1. The van der Waals surface area contributed by atoms with E-state index in [1.54, 1.807) is 12.1 Å². The highest BCUT2D eigenvalue weighted by atomic mass is 19.1. The summed E-state index contributed by atoms with van der Waals surface area (Å²) in [6.07, 6.45) is 2.50. The van der Waals surface area contributed by atoms with Gasteiger partial charge in [-0.3, -0.25) is 4.79 Å². The zero-order valence-corrected chi connectivity index (χ0v) is 14.4. The Balaban J connectivity index is 1.96. The highest BCUT2D eigenvalue weighted by Crippen LogP contribution is 2.50. The fourth-order valence-electron chi connectivity index (χ4n) is 4.08. The maximum atomic E-state index is 14.6. The minimum absolute atomic E-state index is 0.0662. The molecule has 0 spiro atoms. The molecule has 0 unspecified atom stereocenters. The Morgan fingerprint density at radius 3 is 2.73 bits per heavy atom. The first-order valence-electron chi connectivity index (χ1n) is 8.75. The fraction of sp³-hybridized carbons (Fsp3) is 0.400. The molecule has 4 rings (SSSR count). The van der Waals surface area contributed by atoms with Crippen LogP contribution in [0.5, 0.6) is 0 Å². The van der Waals surface area contributed by atoms with Crippen molar-refractivity contribution in [1.29, 1.82) is 0 Å². The van der Waals surface area contributed by atoms with E-state index in [-0.39, 0.29) is 28.8 Å². The summed E-state index contributed by atoms with van der Waals surface area (Å²) < 4.78 is 33.2. The van der Waals surface area contributed by atoms with E-state index < -0.39 is 18.6 Å². The Bertz CT molecular complexity index is 868.